The molecular formula is C59H114O4. The lowest BCUT2D eigenvalue weighted by Crippen LogP contribution is -2.26. The fraction of sp³-hybridized carbons (Fsp3) is 0.763. The third-order valence-corrected chi connectivity index (χ3v) is 7.11. The average molecular weight is 888 g/mol. The van der Waals surface area contributed by atoms with Gasteiger partial charge in [-0.15, -0.1) is 0 Å². The standard InChI is InChI=1S/2C12H22O.2C12H22.C9H20O2.C2H6/c2*1-11(2,3)9-7-8-10(13)12(4,5)6;2*1-11(2,3)9-7-8-10-12(4,5)6;1-8(2,3)10-7-11-9(4,5)6;1-2/h2*7,9H,8H2,1-6H3;2*7-10H,1-6H3;7H2,1-6H3;1-2H3/b;;9-7-,10-8-;;;. The molecule has 0 rings (SSSR count). The van der Waals surface area contributed by atoms with Gasteiger partial charge in [-0.2, -0.15) is 0 Å². The molecule has 374 valence electrons. The summed E-state index contributed by atoms with van der Waals surface area (Å²) in [7, 11) is 0. The molecule has 0 radical (unpaired) electrons. The fourth-order valence-electron chi connectivity index (χ4n) is 3.41. The van der Waals surface area contributed by atoms with E-state index in [0.717, 1.165) is 0 Å². The lowest BCUT2D eigenvalue weighted by molar-refractivity contribution is -0.163. The molecule has 0 aromatic rings. The molecule has 0 fully saturated rings. The van der Waals surface area contributed by atoms with E-state index < -0.39 is 0 Å². The van der Waals surface area contributed by atoms with Crippen LogP contribution in [0.15, 0.2) is 72.9 Å². The quantitative estimate of drug-likeness (QED) is 0.138. The van der Waals surface area contributed by atoms with E-state index in [1.165, 1.54) is 0 Å². The van der Waals surface area contributed by atoms with Gasteiger partial charge >= 0.3 is 0 Å². The van der Waals surface area contributed by atoms with Crippen molar-refractivity contribution in [2.24, 2.45) is 43.3 Å². The van der Waals surface area contributed by atoms with Crippen molar-refractivity contribution in [2.45, 2.75) is 246 Å². The number of Topliss-reactive ketones (excluding diaryl/α,β-unsaturated/α-hetero) is 2. The van der Waals surface area contributed by atoms with Crippen LogP contribution in [0.3, 0.4) is 0 Å². The molecular weight excluding hydrogens is 773 g/mol. The van der Waals surface area contributed by atoms with Gasteiger partial charge in [-0.1, -0.05) is 253 Å². The van der Waals surface area contributed by atoms with Crippen molar-refractivity contribution in [3.63, 3.8) is 0 Å². The van der Waals surface area contributed by atoms with Gasteiger partial charge in [-0.3, -0.25) is 9.59 Å². The average Bonchev–Trinajstić information content (AvgIpc) is 2.98. The SMILES string of the molecule is CC.CC(C)(C)/C=C\C=C/C(C)(C)C.CC(C)(C)C=CC=CC(C)(C)C.CC(C)(C)C=CCC(=O)C(C)(C)C.CC(C)(C)C=CCC(=O)C(C)(C)C.CC(C)(C)OCOC(C)(C)C. The Morgan fingerprint density at radius 3 is 0.619 bits per heavy atom. The predicted octanol–water partition coefficient (Wildman–Crippen LogP) is 19.2. The van der Waals surface area contributed by atoms with Crippen LogP contribution in [-0.4, -0.2) is 29.6 Å². The van der Waals surface area contributed by atoms with Crippen molar-refractivity contribution in [2.75, 3.05) is 6.79 Å². The first-order valence-corrected chi connectivity index (χ1v) is 23.8. The van der Waals surface area contributed by atoms with Gasteiger partial charge < -0.3 is 9.47 Å². The Hall–Kier alpha value is -2.30. The summed E-state index contributed by atoms with van der Waals surface area (Å²) in [5.41, 5.74) is 0.909. The second kappa shape index (κ2) is 31.6. The van der Waals surface area contributed by atoms with Crippen LogP contribution in [0.1, 0.15) is 234 Å². The summed E-state index contributed by atoms with van der Waals surface area (Å²) >= 11 is 0. The first kappa shape index (κ1) is 72.3. The van der Waals surface area contributed by atoms with Crippen LogP contribution in [0.25, 0.3) is 0 Å². The molecule has 0 saturated heterocycles. The lowest BCUT2D eigenvalue weighted by Gasteiger charge is -2.24. The molecule has 0 aromatic heterocycles. The molecule has 4 heteroatoms. The highest BCUT2D eigenvalue weighted by Gasteiger charge is 2.20. The maximum atomic E-state index is 11.5. The van der Waals surface area contributed by atoms with E-state index >= 15 is 0 Å². The van der Waals surface area contributed by atoms with Gasteiger partial charge in [-0.05, 0) is 74.0 Å². The molecule has 4 nitrogen and oxygen atoms in total. The smallest absolute Gasteiger partial charge is 0.148 e. The number of carbonyl (C=O) groups is 2. The number of carbonyl (C=O) groups excluding carboxylic acids is 2. The Labute approximate surface area is 397 Å². The van der Waals surface area contributed by atoms with Crippen LogP contribution >= 0.6 is 0 Å². The minimum Gasteiger partial charge on any atom is -0.350 e. The fourth-order valence-corrected chi connectivity index (χ4v) is 3.41. The number of rotatable bonds is 8. The van der Waals surface area contributed by atoms with Crippen molar-refractivity contribution < 1.29 is 19.1 Å². The van der Waals surface area contributed by atoms with Crippen molar-refractivity contribution >= 4 is 11.6 Å². The Bertz CT molecular complexity index is 1190. The van der Waals surface area contributed by atoms with E-state index in [4.69, 9.17) is 9.47 Å². The van der Waals surface area contributed by atoms with Crippen molar-refractivity contribution in [3.05, 3.63) is 72.9 Å². The second-order valence-corrected chi connectivity index (χ2v) is 26.8. The molecule has 0 aliphatic carbocycles. The van der Waals surface area contributed by atoms with Gasteiger partial charge in [0.15, 0.2) is 0 Å². The topological polar surface area (TPSA) is 52.6 Å². The third kappa shape index (κ3) is 80.5. The summed E-state index contributed by atoms with van der Waals surface area (Å²) in [6.45, 7) is 67.4. The Morgan fingerprint density at radius 2 is 0.492 bits per heavy atom. The van der Waals surface area contributed by atoms with Crippen LogP contribution in [0.2, 0.25) is 0 Å². The number of ketones is 2. The van der Waals surface area contributed by atoms with Gasteiger partial charge in [0.1, 0.15) is 18.4 Å². The largest absolute Gasteiger partial charge is 0.350 e. The molecule has 0 aliphatic heterocycles. The Kier molecular flexibility index (Phi) is 36.3. The molecule has 0 unspecified atom stereocenters. The molecule has 0 aliphatic rings. The number of ether oxygens (including phenoxy) is 2. The molecule has 0 N–H and O–H groups in total. The summed E-state index contributed by atoms with van der Waals surface area (Å²) < 4.78 is 10.8. The van der Waals surface area contributed by atoms with Crippen LogP contribution < -0.4 is 0 Å². The molecule has 0 atom stereocenters. The summed E-state index contributed by atoms with van der Waals surface area (Å²) in [6, 6.07) is 0. The summed E-state index contributed by atoms with van der Waals surface area (Å²) in [4.78, 5) is 23.0. The van der Waals surface area contributed by atoms with E-state index in [1.54, 1.807) is 0 Å². The van der Waals surface area contributed by atoms with E-state index in [2.05, 4.69) is 185 Å². The second-order valence-electron chi connectivity index (χ2n) is 26.8. The number of hydrogen-bond donors (Lipinski definition) is 0. The Morgan fingerprint density at radius 1 is 0.317 bits per heavy atom. The Balaban J connectivity index is -0.000000160. The van der Waals surface area contributed by atoms with Crippen molar-refractivity contribution in [1.29, 1.82) is 0 Å². The van der Waals surface area contributed by atoms with Crippen LogP contribution in [0.5, 0.6) is 0 Å². The van der Waals surface area contributed by atoms with Gasteiger partial charge in [0, 0.05) is 23.7 Å². The highest BCUT2D eigenvalue weighted by Crippen LogP contribution is 2.22. The van der Waals surface area contributed by atoms with E-state index in [1.807, 2.05) is 109 Å². The van der Waals surface area contributed by atoms with Gasteiger partial charge in [0.25, 0.3) is 0 Å². The summed E-state index contributed by atoms with van der Waals surface area (Å²) in [5.74, 6) is 0.598. The highest BCUT2D eigenvalue weighted by molar-refractivity contribution is 5.85. The minimum atomic E-state index is -0.206. The number of allylic oxidation sites excluding steroid dienone is 12. The van der Waals surface area contributed by atoms with E-state index in [-0.39, 0.29) is 32.9 Å². The molecule has 63 heavy (non-hydrogen) atoms. The molecule has 0 amide bonds. The first-order chi connectivity index (χ1) is 27.4. The highest BCUT2D eigenvalue weighted by atomic mass is 16.7. The molecule has 0 spiro atoms. The molecule has 0 heterocycles. The van der Waals surface area contributed by atoms with Crippen molar-refractivity contribution in [1.82, 2.24) is 0 Å². The van der Waals surface area contributed by atoms with Crippen molar-refractivity contribution in [3.8, 4) is 0 Å². The molecule has 0 aromatic carbocycles. The van der Waals surface area contributed by atoms with Gasteiger partial charge in [0.2, 0.25) is 0 Å². The zero-order chi connectivity index (χ0) is 52.2. The summed E-state index contributed by atoms with van der Waals surface area (Å²) in [6.07, 6.45) is 26.7. The third-order valence-electron chi connectivity index (χ3n) is 7.11. The normalized spacial score (nSPS) is 13.8. The molecule has 0 saturated carbocycles. The van der Waals surface area contributed by atoms with Gasteiger partial charge in [0.05, 0.1) is 11.2 Å². The van der Waals surface area contributed by atoms with Crippen LogP contribution in [-0.2, 0) is 19.1 Å². The zero-order valence-corrected chi connectivity index (χ0v) is 48.7. The number of hydrogen-bond acceptors (Lipinski definition) is 4. The summed E-state index contributed by atoms with van der Waals surface area (Å²) in [5, 5.41) is 0. The lowest BCUT2D eigenvalue weighted by atomic mass is 9.88. The maximum absolute atomic E-state index is 11.5. The van der Waals surface area contributed by atoms with E-state index in [0.29, 0.717) is 52.9 Å². The minimum absolute atomic E-state index is 0.106. The zero-order valence-electron chi connectivity index (χ0n) is 48.7. The predicted molar refractivity (Wildman–Crippen MR) is 288 cm³/mol. The van der Waals surface area contributed by atoms with E-state index in [9.17, 15) is 9.59 Å². The van der Waals surface area contributed by atoms with Gasteiger partial charge in [-0.25, -0.2) is 0 Å². The van der Waals surface area contributed by atoms with Crippen LogP contribution in [0.4, 0.5) is 0 Å². The molecule has 0 bridgehead atoms. The monoisotopic (exact) mass is 887 g/mol. The van der Waals surface area contributed by atoms with Crippen LogP contribution in [0, 0.1) is 43.3 Å². The first-order valence-electron chi connectivity index (χ1n) is 23.8. The maximum Gasteiger partial charge on any atom is 0.148 e.